The quantitative estimate of drug-likeness (QED) is 0.383. The van der Waals surface area contributed by atoms with E-state index in [9.17, 15) is 9.90 Å². The van der Waals surface area contributed by atoms with Crippen LogP contribution in [0.3, 0.4) is 0 Å². The van der Waals surface area contributed by atoms with Crippen LogP contribution >= 0.6 is 0 Å². The second-order valence-corrected chi connectivity index (χ2v) is 11.9. The number of ether oxygens (including phenoxy) is 4. The molecule has 3 aromatic rings. The van der Waals surface area contributed by atoms with Gasteiger partial charge in [0.25, 0.3) is 5.79 Å². The van der Waals surface area contributed by atoms with Crippen molar-refractivity contribution in [1.29, 1.82) is 0 Å². The first-order chi connectivity index (χ1) is 17.9. The molecule has 0 radical (unpaired) electrons. The van der Waals surface area contributed by atoms with E-state index in [1.165, 1.54) is 0 Å². The zero-order chi connectivity index (χ0) is 27.3. The number of aryl methyl sites for hydroxylation is 2. The highest BCUT2D eigenvalue weighted by molar-refractivity contribution is 5.71. The lowest BCUT2D eigenvalue weighted by atomic mass is 9.69. The molecule has 38 heavy (non-hydrogen) atoms. The lowest BCUT2D eigenvalue weighted by Gasteiger charge is -2.51. The molecule has 6 nitrogen and oxygen atoms in total. The van der Waals surface area contributed by atoms with Gasteiger partial charge in [-0.05, 0) is 54.8 Å². The first-order valence-corrected chi connectivity index (χ1v) is 13.1. The van der Waals surface area contributed by atoms with E-state index >= 15 is 0 Å². The van der Waals surface area contributed by atoms with E-state index in [0.717, 1.165) is 39.3 Å². The van der Waals surface area contributed by atoms with Crippen molar-refractivity contribution >= 4 is 5.97 Å². The standard InChI is InChI=1S/C32H36O6/c1-20-12-27-23(14-25(20)33)30(3,4)18-32(37-27)19-31(5,6)24-15-26(21(2)13-28(24)38-32)35-17-29(34)36-16-22-10-8-7-9-11-22/h7-15,33H,16-19H2,1-6H3. The molecule has 2 aliphatic heterocycles. The number of rotatable bonds is 5. The number of carbonyl (C=O) groups is 1. The fourth-order valence-corrected chi connectivity index (χ4v) is 5.80. The Bertz CT molecular complexity index is 1370. The van der Waals surface area contributed by atoms with Crippen LogP contribution in [0, 0.1) is 13.8 Å². The molecule has 0 saturated heterocycles. The normalized spacial score (nSPS) is 20.5. The molecule has 0 fully saturated rings. The largest absolute Gasteiger partial charge is 0.508 e. The smallest absolute Gasteiger partial charge is 0.344 e. The molecule has 6 heteroatoms. The summed E-state index contributed by atoms with van der Waals surface area (Å²) in [5.74, 6) is 1.16. The highest BCUT2D eigenvalue weighted by Gasteiger charge is 2.53. The number of benzene rings is 3. The molecular weight excluding hydrogens is 480 g/mol. The number of fused-ring (bicyclic) bond motifs is 2. The zero-order valence-corrected chi connectivity index (χ0v) is 23.0. The van der Waals surface area contributed by atoms with Crippen molar-refractivity contribution in [3.63, 3.8) is 0 Å². The molecule has 1 unspecified atom stereocenters. The van der Waals surface area contributed by atoms with Crippen LogP contribution in [0.4, 0.5) is 0 Å². The molecular formula is C32H36O6. The number of carbonyl (C=O) groups excluding carboxylic acids is 1. The van der Waals surface area contributed by atoms with Gasteiger partial charge in [-0.15, -0.1) is 0 Å². The van der Waals surface area contributed by atoms with Gasteiger partial charge in [0.1, 0.15) is 29.6 Å². The summed E-state index contributed by atoms with van der Waals surface area (Å²) in [6.07, 6.45) is 1.28. The van der Waals surface area contributed by atoms with Crippen molar-refractivity contribution in [3.05, 3.63) is 82.4 Å². The summed E-state index contributed by atoms with van der Waals surface area (Å²) in [7, 11) is 0. The topological polar surface area (TPSA) is 74.2 Å². The predicted molar refractivity (Wildman–Crippen MR) is 145 cm³/mol. The maximum Gasteiger partial charge on any atom is 0.344 e. The Morgan fingerprint density at radius 3 is 2.08 bits per heavy atom. The Morgan fingerprint density at radius 2 is 1.45 bits per heavy atom. The molecule has 0 amide bonds. The fraction of sp³-hybridized carbons (Fsp3) is 0.406. The summed E-state index contributed by atoms with van der Waals surface area (Å²) < 4.78 is 24.6. The average molecular weight is 517 g/mol. The number of phenolic OH excluding ortho intramolecular Hbond substituents is 1. The van der Waals surface area contributed by atoms with Gasteiger partial charge in [0.05, 0.1) is 0 Å². The monoisotopic (exact) mass is 516 g/mol. The number of hydrogen-bond acceptors (Lipinski definition) is 6. The first kappa shape index (κ1) is 26.0. The molecule has 1 atom stereocenters. The van der Waals surface area contributed by atoms with Gasteiger partial charge in [-0.1, -0.05) is 58.0 Å². The van der Waals surface area contributed by atoms with Gasteiger partial charge in [-0.3, -0.25) is 0 Å². The SMILES string of the molecule is Cc1cc2c(cc1O)C(C)(C)CC1(CC(C)(C)c3cc(OCC(=O)OCc4ccccc4)c(C)cc3O1)O2. The minimum Gasteiger partial charge on any atom is -0.508 e. The van der Waals surface area contributed by atoms with Crippen molar-refractivity contribution in [1.82, 2.24) is 0 Å². The third kappa shape index (κ3) is 4.92. The van der Waals surface area contributed by atoms with Crippen LogP contribution in [0.25, 0.3) is 0 Å². The molecule has 2 heterocycles. The van der Waals surface area contributed by atoms with Crippen molar-refractivity contribution in [2.75, 3.05) is 6.61 Å². The van der Waals surface area contributed by atoms with E-state index in [4.69, 9.17) is 18.9 Å². The van der Waals surface area contributed by atoms with E-state index in [-0.39, 0.29) is 29.8 Å². The molecule has 1 N–H and O–H groups in total. The second-order valence-electron chi connectivity index (χ2n) is 11.9. The van der Waals surface area contributed by atoms with Gasteiger partial charge >= 0.3 is 5.97 Å². The molecule has 5 rings (SSSR count). The highest BCUT2D eigenvalue weighted by atomic mass is 16.7. The third-order valence-corrected chi connectivity index (χ3v) is 7.64. The molecule has 0 aromatic heterocycles. The summed E-state index contributed by atoms with van der Waals surface area (Å²) in [6, 6.07) is 17.2. The summed E-state index contributed by atoms with van der Waals surface area (Å²) in [4.78, 5) is 12.3. The van der Waals surface area contributed by atoms with Crippen molar-refractivity contribution < 1.29 is 28.8 Å². The van der Waals surface area contributed by atoms with Crippen LogP contribution in [-0.2, 0) is 27.0 Å². The van der Waals surface area contributed by atoms with E-state index < -0.39 is 11.8 Å². The molecule has 1 spiro atoms. The van der Waals surface area contributed by atoms with Crippen molar-refractivity contribution in [2.24, 2.45) is 0 Å². The summed E-state index contributed by atoms with van der Waals surface area (Å²) >= 11 is 0. The maximum absolute atomic E-state index is 12.3. The minimum absolute atomic E-state index is 0.169. The van der Waals surface area contributed by atoms with E-state index in [1.807, 2.05) is 68.4 Å². The molecule has 0 bridgehead atoms. The third-order valence-electron chi connectivity index (χ3n) is 7.64. The predicted octanol–water partition coefficient (Wildman–Crippen LogP) is 6.65. The van der Waals surface area contributed by atoms with Crippen LogP contribution in [0.5, 0.6) is 23.0 Å². The molecule has 3 aromatic carbocycles. The van der Waals surface area contributed by atoms with Crippen LogP contribution < -0.4 is 14.2 Å². The number of phenols is 1. The second kappa shape index (κ2) is 9.26. The summed E-state index contributed by atoms with van der Waals surface area (Å²) in [5.41, 5.74) is 4.02. The fourth-order valence-electron chi connectivity index (χ4n) is 5.80. The Labute approximate surface area is 224 Å². The van der Waals surface area contributed by atoms with Gasteiger partial charge in [0, 0.05) is 34.8 Å². The number of aromatic hydroxyl groups is 1. The number of esters is 1. The Kier molecular flexibility index (Phi) is 6.33. The average Bonchev–Trinajstić information content (AvgIpc) is 2.83. The van der Waals surface area contributed by atoms with Crippen molar-refractivity contribution in [2.45, 2.75) is 77.6 Å². The van der Waals surface area contributed by atoms with Gasteiger partial charge in [0.15, 0.2) is 6.61 Å². The van der Waals surface area contributed by atoms with Crippen LogP contribution in [0.2, 0.25) is 0 Å². The zero-order valence-electron chi connectivity index (χ0n) is 23.0. The maximum atomic E-state index is 12.3. The van der Waals surface area contributed by atoms with Crippen molar-refractivity contribution in [3.8, 4) is 23.0 Å². The Morgan fingerprint density at radius 1 is 0.868 bits per heavy atom. The highest BCUT2D eigenvalue weighted by Crippen LogP contribution is 2.55. The minimum atomic E-state index is -0.841. The van der Waals surface area contributed by atoms with Crippen LogP contribution in [0.1, 0.15) is 68.4 Å². The van der Waals surface area contributed by atoms with Gasteiger partial charge in [-0.25, -0.2) is 4.79 Å². The summed E-state index contributed by atoms with van der Waals surface area (Å²) in [5, 5.41) is 10.3. The Balaban J connectivity index is 1.36. The van der Waals surface area contributed by atoms with E-state index in [0.29, 0.717) is 18.6 Å². The molecule has 0 saturated carbocycles. The van der Waals surface area contributed by atoms with Gasteiger partial charge < -0.3 is 24.1 Å². The molecule has 0 aliphatic carbocycles. The summed E-state index contributed by atoms with van der Waals surface area (Å²) in [6.45, 7) is 12.5. The van der Waals surface area contributed by atoms with E-state index in [2.05, 4.69) is 27.7 Å². The van der Waals surface area contributed by atoms with Gasteiger partial charge in [0.2, 0.25) is 0 Å². The lowest BCUT2D eigenvalue weighted by molar-refractivity contribution is -0.166. The van der Waals surface area contributed by atoms with Gasteiger partial charge in [-0.2, -0.15) is 0 Å². The first-order valence-electron chi connectivity index (χ1n) is 13.1. The van der Waals surface area contributed by atoms with Crippen LogP contribution in [-0.4, -0.2) is 23.5 Å². The Hall–Kier alpha value is -3.67. The lowest BCUT2D eigenvalue weighted by Crippen LogP contribution is -2.55. The van der Waals surface area contributed by atoms with E-state index in [1.54, 1.807) is 0 Å². The number of hydrogen-bond donors (Lipinski definition) is 1. The van der Waals surface area contributed by atoms with Crippen LogP contribution in [0.15, 0.2) is 54.6 Å². The molecule has 200 valence electrons. The molecule has 2 aliphatic rings.